The summed E-state index contributed by atoms with van der Waals surface area (Å²) < 4.78 is 43.8. The highest BCUT2D eigenvalue weighted by atomic mass is 32.2. The Hall–Kier alpha value is -3.84. The Balaban J connectivity index is 1.94. The molecule has 0 spiro atoms. The summed E-state index contributed by atoms with van der Waals surface area (Å²) in [6.07, 6.45) is 2.82. The number of methoxy groups -OCH3 is 2. The van der Waals surface area contributed by atoms with E-state index < -0.39 is 48.9 Å². The Labute approximate surface area is 245 Å². The zero-order valence-electron chi connectivity index (χ0n) is 23.8. The molecule has 2 heterocycles. The van der Waals surface area contributed by atoms with E-state index in [4.69, 9.17) is 14.2 Å². The van der Waals surface area contributed by atoms with Gasteiger partial charge in [0.25, 0.3) is 5.69 Å². The van der Waals surface area contributed by atoms with Crippen LogP contribution in [0.25, 0.3) is 0 Å². The summed E-state index contributed by atoms with van der Waals surface area (Å²) in [7, 11) is -1.91. The number of benzene rings is 2. The summed E-state index contributed by atoms with van der Waals surface area (Å²) in [4.78, 5) is 49.0. The van der Waals surface area contributed by atoms with Gasteiger partial charge in [0.2, 0.25) is 10.0 Å². The number of carbonyl (C=O) groups is 3. The van der Waals surface area contributed by atoms with Crippen LogP contribution in [0.2, 0.25) is 0 Å². The van der Waals surface area contributed by atoms with Crippen molar-refractivity contribution in [3.8, 4) is 0 Å². The van der Waals surface area contributed by atoms with Gasteiger partial charge in [0, 0.05) is 19.2 Å². The molecule has 0 fully saturated rings. The van der Waals surface area contributed by atoms with Crippen LogP contribution in [0, 0.1) is 15.5 Å². The van der Waals surface area contributed by atoms with Crippen LogP contribution in [0.5, 0.6) is 0 Å². The molecule has 0 aliphatic carbocycles. The molecule has 42 heavy (non-hydrogen) atoms. The maximum Gasteiger partial charge on any atom is 0.338 e. The summed E-state index contributed by atoms with van der Waals surface area (Å²) in [5.74, 6) is -2.10. The van der Waals surface area contributed by atoms with E-state index in [1.807, 2.05) is 0 Å². The van der Waals surface area contributed by atoms with E-state index in [-0.39, 0.29) is 45.4 Å². The van der Waals surface area contributed by atoms with Gasteiger partial charge < -0.3 is 14.2 Å². The quantitative estimate of drug-likeness (QED) is 0.160. The second-order valence-electron chi connectivity index (χ2n) is 10.1. The van der Waals surface area contributed by atoms with Gasteiger partial charge in [-0.05, 0) is 55.9 Å². The van der Waals surface area contributed by atoms with Crippen molar-refractivity contribution in [2.75, 3.05) is 33.9 Å². The van der Waals surface area contributed by atoms with Crippen LogP contribution in [0.3, 0.4) is 0 Å². The van der Waals surface area contributed by atoms with Crippen LogP contribution >= 0.6 is 0 Å². The molecule has 0 radical (unpaired) electrons. The molecule has 0 unspecified atom stereocenters. The van der Waals surface area contributed by atoms with Crippen molar-refractivity contribution in [3.05, 3.63) is 69.8 Å². The first-order valence-corrected chi connectivity index (χ1v) is 15.2. The van der Waals surface area contributed by atoms with Gasteiger partial charge in [-0.3, -0.25) is 19.7 Å². The Morgan fingerprint density at radius 2 is 1.50 bits per heavy atom. The molecule has 0 N–H and O–H groups in total. The first-order valence-electron chi connectivity index (χ1n) is 13.7. The van der Waals surface area contributed by atoms with Gasteiger partial charge in [-0.1, -0.05) is 43.5 Å². The lowest BCUT2D eigenvalue weighted by Gasteiger charge is -2.29. The molecule has 2 aromatic rings. The topological polar surface area (TPSA) is 159 Å². The van der Waals surface area contributed by atoms with Crippen LogP contribution in [-0.2, 0) is 40.2 Å². The first-order chi connectivity index (χ1) is 20.1. The smallest absolute Gasteiger partial charge is 0.338 e. The van der Waals surface area contributed by atoms with Crippen LogP contribution in [-0.4, -0.2) is 69.5 Å². The van der Waals surface area contributed by atoms with Gasteiger partial charge in [-0.25, -0.2) is 13.2 Å². The van der Waals surface area contributed by atoms with Crippen molar-refractivity contribution in [2.24, 2.45) is 5.41 Å². The number of esters is 3. The average molecular weight is 605 g/mol. The molecule has 2 aliphatic heterocycles. The molecule has 12 nitrogen and oxygen atoms in total. The third-order valence-electron chi connectivity index (χ3n) is 7.32. The van der Waals surface area contributed by atoms with E-state index in [1.54, 1.807) is 24.3 Å². The van der Waals surface area contributed by atoms with Crippen molar-refractivity contribution in [1.29, 1.82) is 0 Å². The van der Waals surface area contributed by atoms with E-state index in [1.165, 1.54) is 36.7 Å². The minimum atomic E-state index is -4.24. The zero-order chi connectivity index (χ0) is 30.8. The van der Waals surface area contributed by atoms with E-state index in [9.17, 15) is 32.9 Å². The van der Waals surface area contributed by atoms with Crippen LogP contribution in [0.1, 0.15) is 60.9 Å². The Morgan fingerprint density at radius 1 is 0.905 bits per heavy atom. The largest absolute Gasteiger partial charge is 0.468 e. The highest BCUT2D eigenvalue weighted by Gasteiger charge is 2.48. The molecular weight excluding hydrogens is 568 g/mol. The Bertz CT molecular complexity index is 1360. The van der Waals surface area contributed by atoms with Crippen molar-refractivity contribution in [3.63, 3.8) is 0 Å². The van der Waals surface area contributed by atoms with Crippen LogP contribution in [0.4, 0.5) is 5.69 Å². The predicted molar refractivity (Wildman–Crippen MR) is 151 cm³/mol. The van der Waals surface area contributed by atoms with Crippen molar-refractivity contribution in [2.45, 2.75) is 56.3 Å². The molecule has 0 saturated carbocycles. The molecular formula is C29H36N2O10S. The number of nitro groups is 1. The minimum Gasteiger partial charge on any atom is -0.468 e. The fraction of sp³-hybridized carbons (Fsp3) is 0.483. The number of fused-ring (bicyclic) bond motifs is 16. The van der Waals surface area contributed by atoms with Gasteiger partial charge >= 0.3 is 17.9 Å². The van der Waals surface area contributed by atoms with Gasteiger partial charge in [0.05, 0.1) is 31.3 Å². The van der Waals surface area contributed by atoms with Gasteiger partial charge in [-0.15, -0.1) is 0 Å². The molecule has 2 bridgehead atoms. The number of nitrogens with zero attached hydrogens (tertiary/aromatic N) is 2. The molecule has 0 atom stereocenters. The number of ether oxygens (including phenoxy) is 3. The number of hydrogen-bond donors (Lipinski definition) is 0. The van der Waals surface area contributed by atoms with E-state index in [0.717, 1.165) is 6.07 Å². The molecule has 0 amide bonds. The summed E-state index contributed by atoms with van der Waals surface area (Å²) in [6.45, 7) is 0.308. The van der Waals surface area contributed by atoms with E-state index in [2.05, 4.69) is 0 Å². The fourth-order valence-electron chi connectivity index (χ4n) is 5.04. The van der Waals surface area contributed by atoms with Crippen molar-refractivity contribution < 1.29 is 41.9 Å². The normalized spacial score (nSPS) is 17.6. The zero-order valence-corrected chi connectivity index (χ0v) is 24.6. The number of hydrogen-bond acceptors (Lipinski definition) is 10. The lowest BCUT2D eigenvalue weighted by atomic mass is 9.77. The van der Waals surface area contributed by atoms with Gasteiger partial charge in [0.1, 0.15) is 0 Å². The van der Waals surface area contributed by atoms with Crippen LogP contribution < -0.4 is 0 Å². The second kappa shape index (κ2) is 14.9. The average Bonchev–Trinajstić information content (AvgIpc) is 2.99. The number of rotatable bonds is 5. The van der Waals surface area contributed by atoms with Gasteiger partial charge in [0.15, 0.2) is 10.3 Å². The number of para-hydroxylation sites is 1. The number of carbonyl (C=O) groups excluding carboxylic acids is 3. The lowest BCUT2D eigenvalue weighted by Crippen LogP contribution is -2.43. The standard InChI is InChI=1S/C29H36N2O10S/c1-39-27(33)29(28(34)40-2)17-7-9-19-30(42(37,38)25-12-6-5-11-24(25)31(35)36)18-8-3-4-10-20-41-26(32)23-15-13-22(21-29)14-16-23/h5-6,11-16H,3-4,7-10,17-21H2,1-2H3. The van der Waals surface area contributed by atoms with E-state index in [0.29, 0.717) is 36.8 Å². The second-order valence-corrected chi connectivity index (χ2v) is 12.0. The molecule has 228 valence electrons. The molecule has 2 aromatic carbocycles. The summed E-state index contributed by atoms with van der Waals surface area (Å²) >= 11 is 0. The maximum atomic E-state index is 13.6. The predicted octanol–water partition coefficient (Wildman–Crippen LogP) is 4.06. The maximum absolute atomic E-state index is 13.6. The lowest BCUT2D eigenvalue weighted by molar-refractivity contribution is -0.387. The van der Waals surface area contributed by atoms with Crippen LogP contribution in [0.15, 0.2) is 53.4 Å². The highest BCUT2D eigenvalue weighted by Crippen LogP contribution is 2.34. The summed E-state index contributed by atoms with van der Waals surface area (Å²) in [5, 5.41) is 11.6. The summed E-state index contributed by atoms with van der Waals surface area (Å²) in [6, 6.07) is 11.6. The number of sulfonamides is 1. The van der Waals surface area contributed by atoms with Crippen molar-refractivity contribution >= 4 is 33.6 Å². The summed E-state index contributed by atoms with van der Waals surface area (Å²) in [5.41, 5.74) is -1.32. The minimum absolute atomic E-state index is 0.00445. The molecule has 2 aliphatic rings. The SMILES string of the molecule is COC(=O)C1(C(=O)OC)CCCCN(S(=O)(=O)c2ccccc2[N+](=O)[O-])CCCCCCOC(=O)c2ccc(cc2)C1. The number of nitro benzene ring substituents is 1. The molecule has 13 heteroatoms. The highest BCUT2D eigenvalue weighted by molar-refractivity contribution is 7.89. The fourth-order valence-corrected chi connectivity index (χ4v) is 6.72. The van der Waals surface area contributed by atoms with E-state index >= 15 is 0 Å². The Kier molecular flexibility index (Phi) is 11.6. The molecule has 4 rings (SSSR count). The Morgan fingerprint density at radius 3 is 2.12 bits per heavy atom. The van der Waals surface area contributed by atoms with Gasteiger partial charge in [-0.2, -0.15) is 4.31 Å². The third-order valence-corrected chi connectivity index (χ3v) is 9.27. The monoisotopic (exact) mass is 604 g/mol. The first kappa shape index (κ1) is 32.7. The molecule has 0 saturated heterocycles. The van der Waals surface area contributed by atoms with Crippen molar-refractivity contribution in [1.82, 2.24) is 4.31 Å². The third kappa shape index (κ3) is 7.71. The molecule has 0 aromatic heterocycles.